The lowest BCUT2D eigenvalue weighted by molar-refractivity contribution is 0.284. The molecule has 0 radical (unpaired) electrons. The quantitative estimate of drug-likeness (QED) is 0.750. The Labute approximate surface area is 132 Å². The molecule has 0 spiro atoms. The molecule has 2 aromatic rings. The van der Waals surface area contributed by atoms with Crippen molar-refractivity contribution in [3.8, 4) is 11.5 Å². The van der Waals surface area contributed by atoms with Gasteiger partial charge in [0.1, 0.15) is 6.61 Å². The van der Waals surface area contributed by atoms with E-state index in [1.165, 1.54) is 5.56 Å². The molecule has 2 rings (SSSR count). The summed E-state index contributed by atoms with van der Waals surface area (Å²) in [5, 5.41) is 0. The Hall–Kier alpha value is -2.07. The Morgan fingerprint density at radius 1 is 1.00 bits per heavy atom. The summed E-state index contributed by atoms with van der Waals surface area (Å²) in [4.78, 5) is 6.21. The van der Waals surface area contributed by atoms with Crippen molar-refractivity contribution in [3.63, 3.8) is 0 Å². The molecule has 0 saturated carbocycles. The van der Waals surface area contributed by atoms with Gasteiger partial charge in [-0.2, -0.15) is 0 Å². The third kappa shape index (κ3) is 5.04. The Balaban J connectivity index is 2.01. The van der Waals surface area contributed by atoms with Gasteiger partial charge in [0, 0.05) is 12.4 Å². The van der Waals surface area contributed by atoms with Crippen LogP contribution in [0.5, 0.6) is 11.5 Å². The zero-order valence-electron chi connectivity index (χ0n) is 13.6. The average molecular weight is 300 g/mol. The largest absolute Gasteiger partial charge is 0.493 e. The molecule has 0 aliphatic carbocycles. The van der Waals surface area contributed by atoms with Gasteiger partial charge in [-0.1, -0.05) is 6.07 Å². The molecule has 1 heterocycles. The molecule has 118 valence electrons. The minimum Gasteiger partial charge on any atom is -0.493 e. The first-order chi connectivity index (χ1) is 10.7. The smallest absolute Gasteiger partial charge is 0.161 e. The van der Waals surface area contributed by atoms with Crippen molar-refractivity contribution >= 4 is 0 Å². The molecule has 0 unspecified atom stereocenters. The molecule has 4 nitrogen and oxygen atoms in total. The molecular weight excluding hydrogens is 276 g/mol. The Morgan fingerprint density at radius 3 is 2.45 bits per heavy atom. The molecule has 0 N–H and O–H groups in total. The zero-order valence-corrected chi connectivity index (χ0v) is 13.6. The number of ether oxygens (including phenoxy) is 2. The highest BCUT2D eigenvalue weighted by Crippen LogP contribution is 2.29. The number of hydrogen-bond acceptors (Lipinski definition) is 4. The first kappa shape index (κ1) is 16.3. The van der Waals surface area contributed by atoms with Gasteiger partial charge in [0.25, 0.3) is 0 Å². The summed E-state index contributed by atoms with van der Waals surface area (Å²) in [6, 6.07) is 10.1. The highest BCUT2D eigenvalue weighted by molar-refractivity contribution is 5.43. The van der Waals surface area contributed by atoms with Crippen LogP contribution in [0.25, 0.3) is 0 Å². The van der Waals surface area contributed by atoms with Gasteiger partial charge in [-0.25, -0.2) is 0 Å². The van der Waals surface area contributed by atoms with Crippen LogP contribution in [0.15, 0.2) is 42.7 Å². The fourth-order valence-corrected chi connectivity index (χ4v) is 2.23. The maximum atomic E-state index is 5.92. The zero-order chi connectivity index (χ0) is 15.8. The molecule has 4 heteroatoms. The van der Waals surface area contributed by atoms with Crippen molar-refractivity contribution in [3.05, 3.63) is 53.9 Å². The average Bonchev–Trinajstić information content (AvgIpc) is 2.54. The maximum absolute atomic E-state index is 5.92. The topological polar surface area (TPSA) is 34.6 Å². The van der Waals surface area contributed by atoms with Crippen LogP contribution in [-0.4, -0.2) is 37.6 Å². The van der Waals surface area contributed by atoms with Gasteiger partial charge < -0.3 is 14.4 Å². The summed E-state index contributed by atoms with van der Waals surface area (Å²) in [6.07, 6.45) is 5.71. The van der Waals surface area contributed by atoms with Crippen LogP contribution < -0.4 is 9.47 Å². The van der Waals surface area contributed by atoms with Gasteiger partial charge in [0.05, 0.1) is 7.11 Å². The van der Waals surface area contributed by atoms with Crippen molar-refractivity contribution in [1.29, 1.82) is 0 Å². The lowest BCUT2D eigenvalue weighted by Crippen LogP contribution is -2.13. The second kappa shape index (κ2) is 8.39. The lowest BCUT2D eigenvalue weighted by atomic mass is 10.1. The van der Waals surface area contributed by atoms with E-state index >= 15 is 0 Å². The van der Waals surface area contributed by atoms with Crippen LogP contribution in [0.1, 0.15) is 17.5 Å². The third-order valence-corrected chi connectivity index (χ3v) is 3.44. The molecule has 0 amide bonds. The molecule has 0 aliphatic heterocycles. The standard InChI is InChI=1S/C18H24N2O2/c1-20(2)12-4-5-15-6-7-17(21-3)18(13-15)22-14-16-8-10-19-11-9-16/h6-11,13H,4-5,12,14H2,1-3H3. The van der Waals surface area contributed by atoms with Gasteiger partial charge in [-0.15, -0.1) is 0 Å². The van der Waals surface area contributed by atoms with E-state index in [-0.39, 0.29) is 0 Å². The number of methoxy groups -OCH3 is 1. The summed E-state index contributed by atoms with van der Waals surface area (Å²) in [5.41, 5.74) is 2.36. The Morgan fingerprint density at radius 2 is 1.77 bits per heavy atom. The molecule has 1 aromatic heterocycles. The molecule has 0 bridgehead atoms. The van der Waals surface area contributed by atoms with Crippen molar-refractivity contribution in [2.75, 3.05) is 27.7 Å². The fraction of sp³-hybridized carbons (Fsp3) is 0.389. The second-order valence-electron chi connectivity index (χ2n) is 5.54. The van der Waals surface area contributed by atoms with E-state index in [0.717, 1.165) is 36.4 Å². The Kier molecular flexibility index (Phi) is 6.22. The molecule has 0 saturated heterocycles. The fourth-order valence-electron chi connectivity index (χ4n) is 2.23. The summed E-state index contributed by atoms with van der Waals surface area (Å²) in [5.74, 6) is 1.56. The van der Waals surface area contributed by atoms with E-state index < -0.39 is 0 Å². The first-order valence-corrected chi connectivity index (χ1v) is 7.52. The highest BCUT2D eigenvalue weighted by Gasteiger charge is 2.06. The number of rotatable bonds is 8. The number of nitrogens with zero attached hydrogens (tertiary/aromatic N) is 2. The van der Waals surface area contributed by atoms with Crippen molar-refractivity contribution < 1.29 is 9.47 Å². The number of aryl methyl sites for hydroxylation is 1. The van der Waals surface area contributed by atoms with Crippen LogP contribution in [-0.2, 0) is 13.0 Å². The molecule has 0 atom stereocenters. The lowest BCUT2D eigenvalue weighted by Gasteiger charge is -2.13. The minimum absolute atomic E-state index is 0.514. The maximum Gasteiger partial charge on any atom is 0.161 e. The summed E-state index contributed by atoms with van der Waals surface area (Å²) in [6.45, 7) is 1.60. The van der Waals surface area contributed by atoms with E-state index in [1.807, 2.05) is 18.2 Å². The monoisotopic (exact) mass is 300 g/mol. The van der Waals surface area contributed by atoms with Crippen molar-refractivity contribution in [2.24, 2.45) is 0 Å². The van der Waals surface area contributed by atoms with Gasteiger partial charge in [0.15, 0.2) is 11.5 Å². The van der Waals surface area contributed by atoms with Gasteiger partial charge in [-0.3, -0.25) is 4.98 Å². The predicted molar refractivity (Wildman–Crippen MR) is 88.4 cm³/mol. The second-order valence-corrected chi connectivity index (χ2v) is 5.54. The van der Waals surface area contributed by atoms with Crippen LogP contribution in [0.4, 0.5) is 0 Å². The molecule has 0 fully saturated rings. The van der Waals surface area contributed by atoms with Crippen molar-refractivity contribution in [2.45, 2.75) is 19.4 Å². The van der Waals surface area contributed by atoms with Gasteiger partial charge in [0.2, 0.25) is 0 Å². The molecule has 22 heavy (non-hydrogen) atoms. The van der Waals surface area contributed by atoms with E-state index in [2.05, 4.69) is 36.1 Å². The first-order valence-electron chi connectivity index (χ1n) is 7.52. The van der Waals surface area contributed by atoms with Crippen LogP contribution >= 0.6 is 0 Å². The highest BCUT2D eigenvalue weighted by atomic mass is 16.5. The Bertz CT molecular complexity index is 571. The SMILES string of the molecule is COc1ccc(CCCN(C)C)cc1OCc1ccncc1. The number of hydrogen-bond donors (Lipinski definition) is 0. The summed E-state index contributed by atoms with van der Waals surface area (Å²) < 4.78 is 11.3. The van der Waals surface area contributed by atoms with E-state index in [4.69, 9.17) is 9.47 Å². The number of pyridine rings is 1. The summed E-state index contributed by atoms with van der Waals surface area (Å²) >= 11 is 0. The predicted octanol–water partition coefficient (Wildman–Crippen LogP) is 3.16. The van der Waals surface area contributed by atoms with Crippen LogP contribution in [0, 0.1) is 0 Å². The van der Waals surface area contributed by atoms with Gasteiger partial charge in [-0.05, 0) is 68.9 Å². The van der Waals surface area contributed by atoms with Crippen molar-refractivity contribution in [1.82, 2.24) is 9.88 Å². The molecular formula is C18H24N2O2. The minimum atomic E-state index is 0.514. The van der Waals surface area contributed by atoms with E-state index in [0.29, 0.717) is 6.61 Å². The summed E-state index contributed by atoms with van der Waals surface area (Å²) in [7, 11) is 5.86. The van der Waals surface area contributed by atoms with E-state index in [9.17, 15) is 0 Å². The van der Waals surface area contributed by atoms with E-state index in [1.54, 1.807) is 19.5 Å². The van der Waals surface area contributed by atoms with Crippen LogP contribution in [0.3, 0.4) is 0 Å². The third-order valence-electron chi connectivity index (χ3n) is 3.44. The number of benzene rings is 1. The van der Waals surface area contributed by atoms with Gasteiger partial charge >= 0.3 is 0 Å². The normalized spacial score (nSPS) is 10.7. The van der Waals surface area contributed by atoms with Crippen LogP contribution in [0.2, 0.25) is 0 Å². The number of aromatic nitrogens is 1. The molecule has 0 aliphatic rings. The molecule has 1 aromatic carbocycles.